The van der Waals surface area contributed by atoms with Crippen LogP contribution in [0.2, 0.25) is 0 Å². The molecule has 224 valence electrons. The Kier molecular flexibility index (Phi) is 13.3. The zero-order valence-corrected chi connectivity index (χ0v) is 24.4. The third-order valence-electron chi connectivity index (χ3n) is 5.78. The van der Waals surface area contributed by atoms with Crippen LogP contribution < -0.4 is 27.8 Å². The number of nitrogens with one attached hydrogen (secondary N) is 2. The minimum Gasteiger partial charge on any atom is -0.380 e. The molecule has 2 heterocycles. The summed E-state index contributed by atoms with van der Waals surface area (Å²) in [6, 6.07) is 8.50. The summed E-state index contributed by atoms with van der Waals surface area (Å²) >= 11 is 0. The van der Waals surface area contributed by atoms with Crippen molar-refractivity contribution in [2.75, 3.05) is 31.6 Å². The van der Waals surface area contributed by atoms with Crippen molar-refractivity contribution in [1.29, 1.82) is 0 Å². The van der Waals surface area contributed by atoms with Gasteiger partial charge in [-0.05, 0) is 71.3 Å². The number of carbonyl (C=O) groups excluding carboxylic acids is 2. The minimum absolute atomic E-state index is 0.0570. The molecular weight excluding hydrogens is 526 g/mol. The number of hydrogen-bond acceptors (Lipinski definition) is 9. The summed E-state index contributed by atoms with van der Waals surface area (Å²) < 4.78 is 11.8. The molecule has 2 rings (SSSR count). The number of carbonyl (C=O) groups is 2. The van der Waals surface area contributed by atoms with E-state index in [-0.39, 0.29) is 41.9 Å². The van der Waals surface area contributed by atoms with Crippen LogP contribution in [-0.2, 0) is 19.1 Å². The predicted molar refractivity (Wildman–Crippen MR) is 159 cm³/mol. The van der Waals surface area contributed by atoms with E-state index in [9.17, 15) is 9.59 Å². The Hall–Kier alpha value is -3.94. The van der Waals surface area contributed by atoms with E-state index >= 15 is 0 Å². The van der Waals surface area contributed by atoms with Crippen molar-refractivity contribution in [1.82, 2.24) is 15.3 Å². The average molecular weight is 570 g/mol. The molecule has 0 saturated heterocycles. The summed E-state index contributed by atoms with van der Waals surface area (Å²) in [5, 5.41) is 13.3. The number of anilines is 1. The highest BCUT2D eigenvalue weighted by Crippen LogP contribution is 2.18. The number of hydrogen-bond donors (Lipinski definition) is 5. The van der Waals surface area contributed by atoms with Crippen LogP contribution in [0.1, 0.15) is 64.8 Å². The summed E-state index contributed by atoms with van der Waals surface area (Å²) in [4.78, 5) is 32.7. The fourth-order valence-electron chi connectivity index (χ4n) is 3.41. The van der Waals surface area contributed by atoms with E-state index in [4.69, 9.17) is 26.7 Å². The number of amides is 2. The lowest BCUT2D eigenvalue weighted by atomic mass is 10.0. The van der Waals surface area contributed by atoms with Crippen LogP contribution in [0.5, 0.6) is 0 Å². The van der Waals surface area contributed by atoms with Gasteiger partial charge in [0.2, 0.25) is 11.8 Å². The van der Waals surface area contributed by atoms with Gasteiger partial charge >= 0.3 is 0 Å². The molecule has 0 aliphatic heterocycles. The lowest BCUT2D eigenvalue weighted by Gasteiger charge is -2.32. The topological polar surface area (TPSA) is 205 Å². The van der Waals surface area contributed by atoms with Crippen LogP contribution in [0.15, 0.2) is 52.9 Å². The highest BCUT2D eigenvalue weighted by atomic mass is 16.6. The number of nitrogens with zero attached hydrogens (tertiary/aromatic N) is 4. The Balaban J connectivity index is 1.66. The first-order valence-corrected chi connectivity index (χ1v) is 13.5. The Morgan fingerprint density at radius 1 is 0.902 bits per heavy atom. The van der Waals surface area contributed by atoms with Crippen LogP contribution in [0.25, 0.3) is 0 Å². The first kappa shape index (κ1) is 33.3. The second kappa shape index (κ2) is 16.4. The SMILES string of the molecule is CC(C)(CCN)OCC(C)(C)OCCNC(=O)CCCC(=O)Nc1ccc(/C(N)=N/N=C(\N)c2ccccn2)nc1. The molecule has 0 aliphatic rings. The van der Waals surface area contributed by atoms with E-state index in [1.54, 1.807) is 36.5 Å². The molecule has 41 heavy (non-hydrogen) atoms. The summed E-state index contributed by atoms with van der Waals surface area (Å²) in [6.45, 7) is 9.55. The number of nitrogens with two attached hydrogens (primary N) is 3. The number of amidine groups is 2. The quantitative estimate of drug-likeness (QED) is 0.0811. The van der Waals surface area contributed by atoms with E-state index in [2.05, 4.69) is 30.8 Å². The molecule has 0 bridgehead atoms. The van der Waals surface area contributed by atoms with Gasteiger partial charge in [-0.3, -0.25) is 19.6 Å². The first-order chi connectivity index (χ1) is 19.4. The predicted octanol–water partition coefficient (Wildman–Crippen LogP) is 1.67. The van der Waals surface area contributed by atoms with E-state index in [0.29, 0.717) is 49.8 Å². The summed E-state index contributed by atoms with van der Waals surface area (Å²) in [5.74, 6) is -0.204. The summed E-state index contributed by atoms with van der Waals surface area (Å²) in [6.07, 6.45) is 4.61. The number of aromatic nitrogens is 2. The molecule has 0 aromatic carbocycles. The molecule has 0 fully saturated rings. The van der Waals surface area contributed by atoms with Gasteiger partial charge in [0.25, 0.3) is 0 Å². The van der Waals surface area contributed by atoms with Crippen molar-refractivity contribution in [2.45, 2.75) is 64.6 Å². The minimum atomic E-state index is -0.498. The van der Waals surface area contributed by atoms with Gasteiger partial charge in [0.15, 0.2) is 11.7 Å². The molecule has 2 aromatic heterocycles. The van der Waals surface area contributed by atoms with Crippen molar-refractivity contribution in [3.63, 3.8) is 0 Å². The van der Waals surface area contributed by atoms with E-state index in [1.807, 2.05) is 27.7 Å². The van der Waals surface area contributed by atoms with E-state index in [0.717, 1.165) is 6.42 Å². The third kappa shape index (κ3) is 13.3. The molecular formula is C28H43N9O4. The molecule has 13 heteroatoms. The second-order valence-electron chi connectivity index (χ2n) is 10.6. The van der Waals surface area contributed by atoms with Gasteiger partial charge in [-0.1, -0.05) is 6.07 Å². The molecule has 0 atom stereocenters. The lowest BCUT2D eigenvalue weighted by molar-refractivity contribution is -0.126. The van der Waals surface area contributed by atoms with Crippen LogP contribution in [-0.4, -0.2) is 71.0 Å². The first-order valence-electron chi connectivity index (χ1n) is 13.5. The highest BCUT2D eigenvalue weighted by molar-refractivity contribution is 5.99. The molecule has 0 spiro atoms. The summed E-state index contributed by atoms with van der Waals surface area (Å²) in [7, 11) is 0. The Morgan fingerprint density at radius 2 is 1.59 bits per heavy atom. The van der Waals surface area contributed by atoms with Crippen LogP contribution in [0.4, 0.5) is 5.69 Å². The molecule has 13 nitrogen and oxygen atoms in total. The molecule has 0 radical (unpaired) electrons. The summed E-state index contributed by atoms with van der Waals surface area (Å²) in [5.41, 5.74) is 17.9. The maximum atomic E-state index is 12.3. The van der Waals surface area contributed by atoms with Gasteiger partial charge in [0, 0.05) is 25.6 Å². The number of pyridine rings is 2. The number of rotatable bonds is 17. The van der Waals surface area contributed by atoms with Crippen molar-refractivity contribution in [3.8, 4) is 0 Å². The normalized spacial score (nSPS) is 12.7. The zero-order valence-electron chi connectivity index (χ0n) is 24.4. The van der Waals surface area contributed by atoms with Crippen molar-refractivity contribution in [2.24, 2.45) is 27.4 Å². The molecule has 0 unspecified atom stereocenters. The Morgan fingerprint density at radius 3 is 2.20 bits per heavy atom. The van der Waals surface area contributed by atoms with Crippen LogP contribution >= 0.6 is 0 Å². The third-order valence-corrected chi connectivity index (χ3v) is 5.78. The molecule has 0 saturated carbocycles. The van der Waals surface area contributed by atoms with Crippen LogP contribution in [0, 0.1) is 0 Å². The number of ether oxygens (including phenoxy) is 2. The smallest absolute Gasteiger partial charge is 0.224 e. The Bertz CT molecular complexity index is 1170. The van der Waals surface area contributed by atoms with E-state index < -0.39 is 5.60 Å². The lowest BCUT2D eigenvalue weighted by Crippen LogP contribution is -2.39. The van der Waals surface area contributed by atoms with Gasteiger partial charge in [-0.15, -0.1) is 10.2 Å². The largest absolute Gasteiger partial charge is 0.380 e. The van der Waals surface area contributed by atoms with Crippen molar-refractivity contribution in [3.05, 3.63) is 54.1 Å². The molecule has 8 N–H and O–H groups in total. The fourth-order valence-corrected chi connectivity index (χ4v) is 3.41. The highest BCUT2D eigenvalue weighted by Gasteiger charge is 2.25. The Labute approximate surface area is 241 Å². The zero-order chi connectivity index (χ0) is 30.3. The van der Waals surface area contributed by atoms with Gasteiger partial charge in [0.05, 0.1) is 36.3 Å². The standard InChI is InChI=1S/C28H43N9O4/c1-27(2,13-14-29)41-19-28(3,4)40-17-16-33-23(38)9-7-10-24(39)35-20-11-12-22(34-18-20)26(31)37-36-25(30)21-8-5-6-15-32-21/h5-6,8,11-12,15,18H,7,9-10,13-14,16-17,19,29H2,1-4H3,(H2,30,36)(H2,31,37)(H,33,38)(H,35,39). The van der Waals surface area contributed by atoms with Crippen molar-refractivity contribution < 1.29 is 19.1 Å². The molecule has 0 aliphatic carbocycles. The molecule has 2 amide bonds. The van der Waals surface area contributed by atoms with Gasteiger partial charge in [0.1, 0.15) is 11.4 Å². The maximum Gasteiger partial charge on any atom is 0.224 e. The van der Waals surface area contributed by atoms with Crippen LogP contribution in [0.3, 0.4) is 0 Å². The molecule has 2 aromatic rings. The van der Waals surface area contributed by atoms with Gasteiger partial charge in [-0.25, -0.2) is 0 Å². The average Bonchev–Trinajstić information content (AvgIpc) is 2.94. The van der Waals surface area contributed by atoms with Gasteiger partial charge < -0.3 is 37.3 Å². The van der Waals surface area contributed by atoms with Crippen molar-refractivity contribution >= 4 is 29.2 Å². The fraction of sp³-hybridized carbons (Fsp3) is 0.500. The van der Waals surface area contributed by atoms with E-state index in [1.165, 1.54) is 6.20 Å². The second-order valence-corrected chi connectivity index (χ2v) is 10.6. The monoisotopic (exact) mass is 569 g/mol. The van der Waals surface area contributed by atoms with Gasteiger partial charge in [-0.2, -0.15) is 0 Å². The maximum absolute atomic E-state index is 12.3.